The summed E-state index contributed by atoms with van der Waals surface area (Å²) in [7, 11) is 5.72. The van der Waals surface area contributed by atoms with Crippen LogP contribution in [0.5, 0.6) is 5.75 Å². The number of methoxy groups -OCH3 is 1. The monoisotopic (exact) mass is 397 g/mol. The highest BCUT2D eigenvalue weighted by molar-refractivity contribution is 5.58. The molecule has 1 aliphatic carbocycles. The van der Waals surface area contributed by atoms with Gasteiger partial charge in [-0.3, -0.25) is 0 Å². The Morgan fingerprint density at radius 1 is 1.17 bits per heavy atom. The first-order valence-corrected chi connectivity index (χ1v) is 10.3. The van der Waals surface area contributed by atoms with Gasteiger partial charge in [-0.15, -0.1) is 0 Å². The van der Waals surface area contributed by atoms with Crippen molar-refractivity contribution in [1.29, 1.82) is 0 Å². The van der Waals surface area contributed by atoms with Crippen LogP contribution in [0.15, 0.2) is 48.0 Å². The molecule has 1 saturated carbocycles. The van der Waals surface area contributed by atoms with Gasteiger partial charge in [0.05, 0.1) is 7.11 Å². The van der Waals surface area contributed by atoms with Crippen LogP contribution in [0.1, 0.15) is 42.4 Å². The van der Waals surface area contributed by atoms with Crippen LogP contribution < -0.4 is 4.74 Å². The van der Waals surface area contributed by atoms with Gasteiger partial charge in [0.1, 0.15) is 17.2 Å². The third-order valence-electron chi connectivity index (χ3n) is 5.97. The molecule has 3 nitrogen and oxygen atoms in total. The molecule has 0 aromatic heterocycles. The van der Waals surface area contributed by atoms with Crippen molar-refractivity contribution in [3.8, 4) is 5.75 Å². The molecule has 0 spiro atoms. The van der Waals surface area contributed by atoms with Crippen molar-refractivity contribution in [1.82, 2.24) is 4.90 Å². The lowest BCUT2D eigenvalue weighted by atomic mass is 9.73. The highest BCUT2D eigenvalue weighted by atomic mass is 19.1. The number of aliphatic hydroxyl groups is 1. The van der Waals surface area contributed by atoms with Gasteiger partial charge >= 0.3 is 0 Å². The van der Waals surface area contributed by atoms with E-state index in [1.807, 2.05) is 44.4 Å². The highest BCUT2D eigenvalue weighted by Crippen LogP contribution is 2.45. The SMILES string of the molecule is COc1ccc(/C=C2\CCCCC(CN(C)C)C2(O)c2ccc(F)c(C)c2)cc1. The molecule has 2 aromatic rings. The molecule has 2 atom stereocenters. The molecule has 3 rings (SSSR count). The van der Waals surface area contributed by atoms with Gasteiger partial charge in [-0.05, 0) is 86.8 Å². The number of nitrogens with zero attached hydrogens (tertiary/aromatic N) is 1. The van der Waals surface area contributed by atoms with Gasteiger partial charge in [0.15, 0.2) is 0 Å². The fraction of sp³-hybridized carbons (Fsp3) is 0.440. The Kier molecular flexibility index (Phi) is 6.76. The van der Waals surface area contributed by atoms with Crippen LogP contribution in [0.4, 0.5) is 4.39 Å². The fourth-order valence-electron chi connectivity index (χ4n) is 4.42. The predicted molar refractivity (Wildman–Crippen MR) is 117 cm³/mol. The Balaban J connectivity index is 2.13. The number of ether oxygens (including phenoxy) is 1. The third-order valence-corrected chi connectivity index (χ3v) is 5.97. The van der Waals surface area contributed by atoms with Crippen molar-refractivity contribution >= 4 is 6.08 Å². The molecule has 0 amide bonds. The summed E-state index contributed by atoms with van der Waals surface area (Å²) in [5.74, 6) is 0.605. The summed E-state index contributed by atoms with van der Waals surface area (Å²) in [6, 6.07) is 12.9. The molecule has 0 aliphatic heterocycles. The average molecular weight is 398 g/mol. The second kappa shape index (κ2) is 9.10. The Morgan fingerprint density at radius 3 is 2.52 bits per heavy atom. The fourth-order valence-corrected chi connectivity index (χ4v) is 4.42. The van der Waals surface area contributed by atoms with Gasteiger partial charge in [-0.25, -0.2) is 4.39 Å². The molecule has 2 aromatic carbocycles. The van der Waals surface area contributed by atoms with Gasteiger partial charge < -0.3 is 14.7 Å². The lowest BCUT2D eigenvalue weighted by Crippen LogP contribution is -2.41. The summed E-state index contributed by atoms with van der Waals surface area (Å²) in [5, 5.41) is 12.2. The van der Waals surface area contributed by atoms with E-state index in [9.17, 15) is 9.50 Å². The maximum Gasteiger partial charge on any atom is 0.126 e. The van der Waals surface area contributed by atoms with Gasteiger partial charge in [0, 0.05) is 12.5 Å². The number of halogens is 1. The van der Waals surface area contributed by atoms with Crippen LogP contribution in [0.2, 0.25) is 0 Å². The molecule has 4 heteroatoms. The molecule has 0 heterocycles. The summed E-state index contributed by atoms with van der Waals surface area (Å²) in [4.78, 5) is 2.13. The van der Waals surface area contributed by atoms with Crippen LogP contribution in [0.3, 0.4) is 0 Å². The minimum Gasteiger partial charge on any atom is -0.497 e. The van der Waals surface area contributed by atoms with Gasteiger partial charge in [-0.2, -0.15) is 0 Å². The van der Waals surface area contributed by atoms with Crippen LogP contribution in [0, 0.1) is 18.7 Å². The van der Waals surface area contributed by atoms with Crippen molar-refractivity contribution in [3.05, 3.63) is 70.5 Å². The van der Waals surface area contributed by atoms with Crippen LogP contribution in [-0.2, 0) is 5.60 Å². The van der Waals surface area contributed by atoms with Crippen molar-refractivity contribution in [2.24, 2.45) is 5.92 Å². The zero-order valence-corrected chi connectivity index (χ0v) is 17.9. The van der Waals surface area contributed by atoms with Crippen LogP contribution in [0.25, 0.3) is 6.08 Å². The zero-order valence-electron chi connectivity index (χ0n) is 17.9. The van der Waals surface area contributed by atoms with Crippen molar-refractivity contribution in [2.45, 2.75) is 38.2 Å². The van der Waals surface area contributed by atoms with E-state index in [1.54, 1.807) is 20.1 Å². The zero-order chi connectivity index (χ0) is 21.0. The molecule has 1 N–H and O–H groups in total. The number of aryl methyl sites for hydroxylation is 1. The van der Waals surface area contributed by atoms with Crippen LogP contribution >= 0.6 is 0 Å². The Labute approximate surface area is 173 Å². The van der Waals surface area contributed by atoms with Gasteiger partial charge in [0.2, 0.25) is 0 Å². The molecule has 0 radical (unpaired) electrons. The van der Waals surface area contributed by atoms with E-state index in [1.165, 1.54) is 6.07 Å². The maximum atomic E-state index is 14.0. The second-order valence-electron chi connectivity index (χ2n) is 8.38. The summed E-state index contributed by atoms with van der Waals surface area (Å²) in [6.07, 6.45) is 5.97. The van der Waals surface area contributed by atoms with E-state index >= 15 is 0 Å². The molecule has 2 unspecified atom stereocenters. The van der Waals surface area contributed by atoms with E-state index < -0.39 is 5.60 Å². The molecule has 156 valence electrons. The van der Waals surface area contributed by atoms with Crippen LogP contribution in [-0.4, -0.2) is 37.8 Å². The molecule has 1 aliphatic rings. The van der Waals surface area contributed by atoms with Crippen molar-refractivity contribution < 1.29 is 14.2 Å². The lowest BCUT2D eigenvalue weighted by Gasteiger charge is -2.39. The minimum atomic E-state index is -1.13. The molecular formula is C25H32FNO2. The predicted octanol–water partition coefficient (Wildman–Crippen LogP) is 5.17. The first-order valence-electron chi connectivity index (χ1n) is 10.3. The molecule has 29 heavy (non-hydrogen) atoms. The van der Waals surface area contributed by atoms with Crippen molar-refractivity contribution in [3.63, 3.8) is 0 Å². The normalized spacial score (nSPS) is 24.0. The molecule has 0 bridgehead atoms. The van der Waals surface area contributed by atoms with E-state index in [0.717, 1.165) is 54.7 Å². The van der Waals surface area contributed by atoms with Gasteiger partial charge in [0.25, 0.3) is 0 Å². The number of hydrogen-bond acceptors (Lipinski definition) is 3. The smallest absolute Gasteiger partial charge is 0.126 e. The Hall–Kier alpha value is -2.17. The lowest BCUT2D eigenvalue weighted by molar-refractivity contribution is 0.000389. The third kappa shape index (κ3) is 4.71. The number of hydrogen-bond donors (Lipinski definition) is 1. The van der Waals surface area contributed by atoms with E-state index in [2.05, 4.69) is 11.0 Å². The van der Waals surface area contributed by atoms with Crippen molar-refractivity contribution in [2.75, 3.05) is 27.7 Å². The standard InChI is InChI=1S/C25H32FNO2/c1-18-15-21(11-14-24(18)26)25(28)20(7-5-6-8-22(25)17-27(2)3)16-19-9-12-23(29-4)13-10-19/h9-16,22,28H,5-8,17H2,1-4H3/b20-16+. The first kappa shape index (κ1) is 21.5. The van der Waals surface area contributed by atoms with Gasteiger partial charge in [-0.1, -0.05) is 30.7 Å². The number of benzene rings is 2. The van der Waals surface area contributed by atoms with E-state index in [4.69, 9.17) is 4.74 Å². The largest absolute Gasteiger partial charge is 0.497 e. The topological polar surface area (TPSA) is 32.7 Å². The van der Waals surface area contributed by atoms with E-state index in [-0.39, 0.29) is 11.7 Å². The minimum absolute atomic E-state index is 0.0364. The summed E-state index contributed by atoms with van der Waals surface area (Å²) in [6.45, 7) is 2.53. The quantitative estimate of drug-likeness (QED) is 0.707. The number of rotatable bonds is 5. The average Bonchev–Trinajstić information content (AvgIpc) is 2.85. The summed E-state index contributed by atoms with van der Waals surface area (Å²) in [5.41, 5.74) is 2.25. The highest BCUT2D eigenvalue weighted by Gasteiger charge is 2.43. The first-order chi connectivity index (χ1) is 13.8. The molecule has 0 saturated heterocycles. The summed E-state index contributed by atoms with van der Waals surface area (Å²) < 4.78 is 19.2. The summed E-state index contributed by atoms with van der Waals surface area (Å²) >= 11 is 0. The molecular weight excluding hydrogens is 365 g/mol. The Morgan fingerprint density at radius 2 is 1.90 bits per heavy atom. The Bertz CT molecular complexity index is 860. The maximum absolute atomic E-state index is 14.0. The second-order valence-corrected chi connectivity index (χ2v) is 8.38. The molecule has 1 fully saturated rings. The van der Waals surface area contributed by atoms with E-state index in [0.29, 0.717) is 5.56 Å².